The summed E-state index contributed by atoms with van der Waals surface area (Å²) in [6.07, 6.45) is 2.81. The van der Waals surface area contributed by atoms with E-state index in [-0.39, 0.29) is 5.75 Å². The van der Waals surface area contributed by atoms with Gasteiger partial charge in [0.15, 0.2) is 0 Å². The summed E-state index contributed by atoms with van der Waals surface area (Å²) in [5, 5.41) is 20.5. The fourth-order valence-corrected chi connectivity index (χ4v) is 1.08. The summed E-state index contributed by atoms with van der Waals surface area (Å²) in [5.41, 5.74) is 3.19. The molecular formula is C9H10N6O. The van der Waals surface area contributed by atoms with E-state index in [1.807, 2.05) is 0 Å². The maximum atomic E-state index is 9.45. The second-order valence-electron chi connectivity index (χ2n) is 2.99. The van der Waals surface area contributed by atoms with Crippen molar-refractivity contribution in [2.24, 2.45) is 5.10 Å². The van der Waals surface area contributed by atoms with Crippen LogP contribution in [0.25, 0.3) is 0 Å². The summed E-state index contributed by atoms with van der Waals surface area (Å²) < 4.78 is 1.20. The number of hydrogen-bond donors (Lipinski definition) is 3. The first kappa shape index (κ1) is 9.97. The van der Waals surface area contributed by atoms with Crippen LogP contribution in [0.3, 0.4) is 0 Å². The Bertz CT molecular complexity index is 506. The fraction of sp³-hybridized carbons (Fsp3) is 0. The molecule has 1 aromatic carbocycles. The van der Waals surface area contributed by atoms with Crippen LogP contribution in [-0.4, -0.2) is 26.2 Å². The number of hydrazone groups is 1. The maximum Gasteiger partial charge on any atom is 0.263 e. The van der Waals surface area contributed by atoms with E-state index in [1.54, 1.807) is 24.3 Å². The van der Waals surface area contributed by atoms with Gasteiger partial charge in [0, 0.05) is 5.56 Å². The van der Waals surface area contributed by atoms with Gasteiger partial charge in [0.1, 0.15) is 12.1 Å². The van der Waals surface area contributed by atoms with Crippen LogP contribution in [0.1, 0.15) is 5.56 Å². The molecule has 0 saturated heterocycles. The fourth-order valence-electron chi connectivity index (χ4n) is 1.08. The number of rotatable bonds is 3. The summed E-state index contributed by atoms with van der Waals surface area (Å²) in [5.74, 6) is 5.92. The van der Waals surface area contributed by atoms with Gasteiger partial charge in [-0.2, -0.15) is 5.10 Å². The number of phenols is 1. The molecule has 0 unspecified atom stereocenters. The second-order valence-corrected chi connectivity index (χ2v) is 2.99. The Morgan fingerprint density at radius 1 is 1.44 bits per heavy atom. The van der Waals surface area contributed by atoms with Gasteiger partial charge in [-0.1, -0.05) is 12.1 Å². The zero-order valence-electron chi connectivity index (χ0n) is 8.28. The molecule has 2 rings (SSSR count). The molecule has 1 aromatic heterocycles. The minimum atomic E-state index is 0.155. The van der Waals surface area contributed by atoms with E-state index in [0.29, 0.717) is 11.5 Å². The summed E-state index contributed by atoms with van der Waals surface area (Å²) >= 11 is 0. The van der Waals surface area contributed by atoms with Crippen molar-refractivity contribution in [3.8, 4) is 5.75 Å². The van der Waals surface area contributed by atoms with Crippen molar-refractivity contribution in [3.63, 3.8) is 0 Å². The molecule has 4 N–H and O–H groups in total. The molecule has 0 fully saturated rings. The highest BCUT2D eigenvalue weighted by atomic mass is 16.3. The van der Waals surface area contributed by atoms with Gasteiger partial charge in [-0.05, 0) is 12.1 Å². The van der Waals surface area contributed by atoms with Crippen molar-refractivity contribution in [1.29, 1.82) is 0 Å². The number of nitrogens with zero attached hydrogens (tertiary/aromatic N) is 4. The number of hydrogen-bond acceptors (Lipinski definition) is 6. The summed E-state index contributed by atoms with van der Waals surface area (Å²) in [6, 6.07) is 6.84. The Hall–Kier alpha value is -2.57. The first-order chi connectivity index (χ1) is 7.77. The normalized spacial score (nSPS) is 10.8. The van der Waals surface area contributed by atoms with E-state index in [2.05, 4.69) is 20.7 Å². The number of nitrogens with one attached hydrogen (secondary N) is 1. The Labute approximate surface area is 91.2 Å². The SMILES string of the molecule is Nn1cnnc1N/N=C\c1ccccc1O. The average Bonchev–Trinajstić information content (AvgIpc) is 2.67. The van der Waals surface area contributed by atoms with Gasteiger partial charge in [-0.15, -0.1) is 10.2 Å². The molecule has 0 amide bonds. The van der Waals surface area contributed by atoms with Crippen LogP contribution in [0.5, 0.6) is 5.75 Å². The largest absolute Gasteiger partial charge is 0.507 e. The van der Waals surface area contributed by atoms with Crippen molar-refractivity contribution >= 4 is 12.2 Å². The van der Waals surface area contributed by atoms with E-state index in [0.717, 1.165) is 0 Å². The quantitative estimate of drug-likeness (QED) is 0.386. The van der Waals surface area contributed by atoms with Crippen molar-refractivity contribution in [3.05, 3.63) is 36.2 Å². The molecule has 0 saturated carbocycles. The van der Waals surface area contributed by atoms with Gasteiger partial charge in [-0.25, -0.2) is 10.1 Å². The number of aromatic hydroxyl groups is 1. The number of aromatic nitrogens is 3. The number of benzene rings is 1. The van der Waals surface area contributed by atoms with Gasteiger partial charge in [-0.3, -0.25) is 0 Å². The molecule has 0 radical (unpaired) electrons. The molecule has 0 spiro atoms. The molecule has 0 aliphatic carbocycles. The van der Waals surface area contributed by atoms with Crippen molar-refractivity contribution in [2.75, 3.05) is 11.3 Å². The zero-order valence-corrected chi connectivity index (χ0v) is 8.28. The highest BCUT2D eigenvalue weighted by Crippen LogP contribution is 2.12. The molecule has 0 bridgehead atoms. The van der Waals surface area contributed by atoms with Gasteiger partial charge in [0.25, 0.3) is 5.95 Å². The topological polar surface area (TPSA) is 101 Å². The number of nitrogen functional groups attached to an aromatic ring is 1. The van der Waals surface area contributed by atoms with E-state index in [1.165, 1.54) is 17.2 Å². The van der Waals surface area contributed by atoms with Crippen molar-refractivity contribution in [1.82, 2.24) is 14.9 Å². The molecule has 1 heterocycles. The third-order valence-corrected chi connectivity index (χ3v) is 1.88. The smallest absolute Gasteiger partial charge is 0.263 e. The van der Waals surface area contributed by atoms with Gasteiger partial charge >= 0.3 is 0 Å². The highest BCUT2D eigenvalue weighted by Gasteiger charge is 1.98. The monoisotopic (exact) mass is 218 g/mol. The van der Waals surface area contributed by atoms with Gasteiger partial charge in [0.2, 0.25) is 0 Å². The maximum absolute atomic E-state index is 9.45. The van der Waals surface area contributed by atoms with E-state index < -0.39 is 0 Å². The molecule has 0 aliphatic heterocycles. The Morgan fingerprint density at radius 2 is 2.25 bits per heavy atom. The minimum Gasteiger partial charge on any atom is -0.507 e. The number of para-hydroxylation sites is 1. The molecule has 16 heavy (non-hydrogen) atoms. The molecule has 7 nitrogen and oxygen atoms in total. The van der Waals surface area contributed by atoms with E-state index in [4.69, 9.17) is 5.84 Å². The highest BCUT2D eigenvalue weighted by molar-refractivity contribution is 5.83. The van der Waals surface area contributed by atoms with Crippen molar-refractivity contribution in [2.45, 2.75) is 0 Å². The van der Waals surface area contributed by atoms with Gasteiger partial charge < -0.3 is 10.9 Å². The number of nitrogens with two attached hydrogens (primary N) is 1. The lowest BCUT2D eigenvalue weighted by Gasteiger charge is -1.98. The average molecular weight is 218 g/mol. The standard InChI is InChI=1S/C9H10N6O/c10-15-6-12-14-9(15)13-11-5-7-3-1-2-4-8(7)16/h1-6,16H,10H2,(H,13,14)/b11-5-. The molecule has 2 aromatic rings. The third-order valence-electron chi connectivity index (χ3n) is 1.88. The third kappa shape index (κ3) is 2.08. The van der Waals surface area contributed by atoms with Crippen LogP contribution >= 0.6 is 0 Å². The van der Waals surface area contributed by atoms with Crippen LogP contribution in [0.2, 0.25) is 0 Å². The van der Waals surface area contributed by atoms with Crippen molar-refractivity contribution < 1.29 is 5.11 Å². The minimum absolute atomic E-state index is 0.155. The lowest BCUT2D eigenvalue weighted by Crippen LogP contribution is -2.10. The van der Waals surface area contributed by atoms with Gasteiger partial charge in [0.05, 0.1) is 6.21 Å². The summed E-state index contributed by atoms with van der Waals surface area (Å²) in [4.78, 5) is 0. The van der Waals surface area contributed by atoms with Crippen LogP contribution in [0.4, 0.5) is 5.95 Å². The van der Waals surface area contributed by atoms with Crippen LogP contribution < -0.4 is 11.3 Å². The van der Waals surface area contributed by atoms with Crippen LogP contribution in [-0.2, 0) is 0 Å². The van der Waals surface area contributed by atoms with E-state index in [9.17, 15) is 5.11 Å². The van der Waals surface area contributed by atoms with E-state index >= 15 is 0 Å². The molecular weight excluding hydrogens is 208 g/mol. The Balaban J connectivity index is 2.06. The predicted molar refractivity (Wildman–Crippen MR) is 59.5 cm³/mol. The Kier molecular flexibility index (Phi) is 2.68. The summed E-state index contributed by atoms with van der Waals surface area (Å²) in [6.45, 7) is 0. The molecule has 82 valence electrons. The van der Waals surface area contributed by atoms with Crippen LogP contribution in [0, 0.1) is 0 Å². The molecule has 0 aliphatic rings. The Morgan fingerprint density at radius 3 is 2.94 bits per heavy atom. The second kappa shape index (κ2) is 4.30. The molecule has 7 heteroatoms. The zero-order chi connectivity index (χ0) is 11.4. The first-order valence-corrected chi connectivity index (χ1v) is 4.49. The lowest BCUT2D eigenvalue weighted by molar-refractivity contribution is 0.474. The first-order valence-electron chi connectivity index (χ1n) is 4.49. The number of phenolic OH excluding ortho intramolecular Hbond substituents is 1. The molecule has 0 atom stereocenters. The summed E-state index contributed by atoms with van der Waals surface area (Å²) in [7, 11) is 0. The lowest BCUT2D eigenvalue weighted by atomic mass is 10.2. The predicted octanol–water partition coefficient (Wildman–Crippen LogP) is 0.143. The van der Waals surface area contributed by atoms with Crippen LogP contribution in [0.15, 0.2) is 35.7 Å². The number of anilines is 1.